The van der Waals surface area contributed by atoms with Crippen LogP contribution >= 0.6 is 11.6 Å². The molecule has 2 rings (SSSR count). The average molecular weight is 290 g/mol. The molecule has 100 valence electrons. The van der Waals surface area contributed by atoms with Crippen molar-refractivity contribution >= 4 is 27.3 Å². The minimum absolute atomic E-state index is 0.294. The molecule has 0 amide bonds. The van der Waals surface area contributed by atoms with Gasteiger partial charge in [-0.15, -0.1) is 0 Å². The monoisotopic (exact) mass is 289 g/mol. The molecule has 0 radical (unpaired) electrons. The SMILES string of the molecule is Cc1nc(Cl)c(C)c(NCC2CCCS2(=O)=O)n1. The number of sulfone groups is 1. The molecule has 1 N–H and O–H groups in total. The summed E-state index contributed by atoms with van der Waals surface area (Å²) in [6.45, 7) is 3.95. The highest BCUT2D eigenvalue weighted by Gasteiger charge is 2.31. The number of aryl methyl sites for hydroxylation is 1. The lowest BCUT2D eigenvalue weighted by Gasteiger charge is -2.13. The minimum atomic E-state index is -2.93. The normalized spacial score (nSPS) is 22.1. The van der Waals surface area contributed by atoms with Crippen LogP contribution in [0.3, 0.4) is 0 Å². The number of anilines is 1. The van der Waals surface area contributed by atoms with Gasteiger partial charge in [-0.2, -0.15) is 0 Å². The van der Waals surface area contributed by atoms with E-state index in [9.17, 15) is 8.42 Å². The molecule has 7 heteroatoms. The Morgan fingerprint density at radius 2 is 2.11 bits per heavy atom. The molecule has 1 aromatic rings. The van der Waals surface area contributed by atoms with Gasteiger partial charge in [0.05, 0.1) is 11.0 Å². The number of rotatable bonds is 3. The maximum atomic E-state index is 11.7. The van der Waals surface area contributed by atoms with Crippen LogP contribution in [0.5, 0.6) is 0 Å². The highest BCUT2D eigenvalue weighted by molar-refractivity contribution is 7.92. The van der Waals surface area contributed by atoms with E-state index in [1.54, 1.807) is 6.92 Å². The molecular weight excluding hydrogens is 274 g/mol. The van der Waals surface area contributed by atoms with E-state index in [-0.39, 0.29) is 5.25 Å². The van der Waals surface area contributed by atoms with Gasteiger partial charge in [0.25, 0.3) is 0 Å². The summed E-state index contributed by atoms with van der Waals surface area (Å²) < 4.78 is 23.4. The second kappa shape index (κ2) is 5.01. The third kappa shape index (κ3) is 2.75. The van der Waals surface area contributed by atoms with Crippen LogP contribution in [0, 0.1) is 13.8 Å². The lowest BCUT2D eigenvalue weighted by molar-refractivity contribution is 0.591. The van der Waals surface area contributed by atoms with Crippen molar-refractivity contribution in [1.29, 1.82) is 0 Å². The molecule has 18 heavy (non-hydrogen) atoms. The summed E-state index contributed by atoms with van der Waals surface area (Å²) in [5, 5.41) is 3.17. The first-order valence-corrected chi connectivity index (χ1v) is 7.95. The van der Waals surface area contributed by atoms with Gasteiger partial charge in [-0.1, -0.05) is 11.6 Å². The number of nitrogens with one attached hydrogen (secondary N) is 1. The summed E-state index contributed by atoms with van der Waals surface area (Å²) in [6, 6.07) is 0. The Morgan fingerprint density at radius 1 is 1.39 bits per heavy atom. The molecule has 0 aliphatic carbocycles. The highest BCUT2D eigenvalue weighted by atomic mass is 35.5. The first kappa shape index (κ1) is 13.5. The fourth-order valence-corrected chi connectivity index (χ4v) is 4.04. The van der Waals surface area contributed by atoms with Crippen molar-refractivity contribution in [2.45, 2.75) is 31.9 Å². The van der Waals surface area contributed by atoms with Gasteiger partial charge >= 0.3 is 0 Å². The van der Waals surface area contributed by atoms with Gasteiger partial charge in [-0.05, 0) is 26.7 Å². The quantitative estimate of drug-likeness (QED) is 0.858. The van der Waals surface area contributed by atoms with E-state index in [0.717, 1.165) is 12.0 Å². The standard InChI is InChI=1S/C11H16ClN3O2S/c1-7-10(12)14-8(2)15-11(7)13-6-9-4-3-5-18(9,16)17/h9H,3-6H2,1-2H3,(H,13,14,15). The molecule has 0 spiro atoms. The molecule has 5 nitrogen and oxygen atoms in total. The van der Waals surface area contributed by atoms with E-state index >= 15 is 0 Å². The highest BCUT2D eigenvalue weighted by Crippen LogP contribution is 2.23. The van der Waals surface area contributed by atoms with Crippen LogP contribution in [-0.2, 0) is 9.84 Å². The maximum Gasteiger partial charge on any atom is 0.154 e. The Balaban J connectivity index is 2.11. The number of halogens is 1. The molecule has 1 saturated heterocycles. The number of hydrogen-bond acceptors (Lipinski definition) is 5. The molecule has 1 aliphatic rings. The Hall–Kier alpha value is -0.880. The minimum Gasteiger partial charge on any atom is -0.368 e. The molecule has 1 atom stereocenters. The van der Waals surface area contributed by atoms with Gasteiger partial charge < -0.3 is 5.32 Å². The summed E-state index contributed by atoms with van der Waals surface area (Å²) in [5.41, 5.74) is 0.748. The summed E-state index contributed by atoms with van der Waals surface area (Å²) >= 11 is 5.96. The van der Waals surface area contributed by atoms with Crippen molar-refractivity contribution in [3.05, 3.63) is 16.5 Å². The third-order valence-electron chi connectivity index (χ3n) is 3.16. The summed E-state index contributed by atoms with van der Waals surface area (Å²) in [5.74, 6) is 1.49. The Morgan fingerprint density at radius 3 is 2.72 bits per heavy atom. The van der Waals surface area contributed by atoms with E-state index in [4.69, 9.17) is 11.6 Å². The van der Waals surface area contributed by atoms with E-state index in [1.165, 1.54) is 0 Å². The van der Waals surface area contributed by atoms with E-state index in [0.29, 0.717) is 35.5 Å². The van der Waals surface area contributed by atoms with Crippen LogP contribution < -0.4 is 5.32 Å². The van der Waals surface area contributed by atoms with Crippen molar-refractivity contribution in [2.75, 3.05) is 17.6 Å². The van der Waals surface area contributed by atoms with Gasteiger partial charge in [0.2, 0.25) is 0 Å². The van der Waals surface area contributed by atoms with Crippen LogP contribution in [0.2, 0.25) is 5.15 Å². The first-order chi connectivity index (χ1) is 8.40. The van der Waals surface area contributed by atoms with Gasteiger partial charge in [-0.3, -0.25) is 0 Å². The smallest absolute Gasteiger partial charge is 0.154 e. The fraction of sp³-hybridized carbons (Fsp3) is 0.636. The van der Waals surface area contributed by atoms with Gasteiger partial charge in [0, 0.05) is 12.1 Å². The van der Waals surface area contributed by atoms with Crippen molar-refractivity contribution in [3.8, 4) is 0 Å². The fourth-order valence-electron chi connectivity index (χ4n) is 2.06. The molecule has 0 saturated carbocycles. The molecular formula is C11H16ClN3O2S. The molecule has 2 heterocycles. The summed E-state index contributed by atoms with van der Waals surface area (Å²) in [6.07, 6.45) is 1.46. The lowest BCUT2D eigenvalue weighted by atomic mass is 10.2. The molecule has 1 unspecified atom stereocenters. The zero-order valence-electron chi connectivity index (χ0n) is 10.4. The van der Waals surface area contributed by atoms with Gasteiger partial charge in [-0.25, -0.2) is 18.4 Å². The molecule has 1 aromatic heterocycles. The Kier molecular flexibility index (Phi) is 3.77. The number of hydrogen-bond donors (Lipinski definition) is 1. The van der Waals surface area contributed by atoms with Crippen LogP contribution in [0.1, 0.15) is 24.2 Å². The summed E-state index contributed by atoms with van der Waals surface area (Å²) in [7, 11) is -2.93. The molecule has 0 bridgehead atoms. The zero-order chi connectivity index (χ0) is 13.3. The third-order valence-corrected chi connectivity index (χ3v) is 5.80. The second-order valence-corrected chi connectivity index (χ2v) is 7.31. The van der Waals surface area contributed by atoms with Crippen molar-refractivity contribution in [2.24, 2.45) is 0 Å². The Labute approximate surface area is 112 Å². The predicted molar refractivity (Wildman–Crippen MR) is 71.8 cm³/mol. The largest absolute Gasteiger partial charge is 0.368 e. The van der Waals surface area contributed by atoms with Crippen LogP contribution in [0.4, 0.5) is 5.82 Å². The summed E-state index contributed by atoms with van der Waals surface area (Å²) in [4.78, 5) is 8.28. The average Bonchev–Trinajstić information content (AvgIpc) is 2.61. The van der Waals surface area contributed by atoms with Crippen LogP contribution in [0.15, 0.2) is 0 Å². The topological polar surface area (TPSA) is 72.0 Å². The first-order valence-electron chi connectivity index (χ1n) is 5.86. The van der Waals surface area contributed by atoms with E-state index in [2.05, 4.69) is 15.3 Å². The van der Waals surface area contributed by atoms with Crippen molar-refractivity contribution < 1.29 is 8.42 Å². The molecule has 0 aromatic carbocycles. The van der Waals surface area contributed by atoms with Crippen molar-refractivity contribution in [1.82, 2.24) is 9.97 Å². The Bertz CT molecular complexity index is 560. The van der Waals surface area contributed by atoms with Gasteiger partial charge in [0.1, 0.15) is 16.8 Å². The predicted octanol–water partition coefficient (Wildman–Crippen LogP) is 1.74. The second-order valence-electron chi connectivity index (χ2n) is 4.55. The van der Waals surface area contributed by atoms with E-state index in [1.807, 2.05) is 6.92 Å². The lowest BCUT2D eigenvalue weighted by Crippen LogP contribution is -2.25. The number of nitrogens with zero attached hydrogens (tertiary/aromatic N) is 2. The van der Waals surface area contributed by atoms with Crippen LogP contribution in [0.25, 0.3) is 0 Å². The van der Waals surface area contributed by atoms with E-state index < -0.39 is 9.84 Å². The zero-order valence-corrected chi connectivity index (χ0v) is 12.0. The maximum absolute atomic E-state index is 11.7. The molecule has 1 fully saturated rings. The van der Waals surface area contributed by atoms with Gasteiger partial charge in [0.15, 0.2) is 9.84 Å². The van der Waals surface area contributed by atoms with Crippen molar-refractivity contribution in [3.63, 3.8) is 0 Å². The molecule has 1 aliphatic heterocycles. The number of aromatic nitrogens is 2. The van der Waals surface area contributed by atoms with Crippen LogP contribution in [-0.4, -0.2) is 35.9 Å².